The first-order valence-corrected chi connectivity index (χ1v) is 7.13. The number of carbonyl (C=O) groups excluding carboxylic acids is 2. The molecule has 2 rings (SSSR count). The molecule has 23 heavy (non-hydrogen) atoms. The maximum Gasteiger partial charge on any atom is 0.399 e. The molecule has 7 heteroatoms. The second-order valence-corrected chi connectivity index (χ2v) is 5.17. The molecule has 0 radical (unpaired) electrons. The summed E-state index contributed by atoms with van der Waals surface area (Å²) in [6, 6.07) is 7.22. The van der Waals surface area contributed by atoms with Crippen LogP contribution in [0, 0.1) is 11.1 Å². The van der Waals surface area contributed by atoms with E-state index in [1.165, 1.54) is 21.3 Å². The monoisotopic (exact) mass is 321 g/mol. The summed E-state index contributed by atoms with van der Waals surface area (Å²) in [6.07, 6.45) is -0.0810. The van der Waals surface area contributed by atoms with Gasteiger partial charge in [0.05, 0.1) is 39.6 Å². The number of para-hydroxylation sites is 1. The van der Waals surface area contributed by atoms with Crippen LogP contribution in [0.3, 0.4) is 0 Å². The molecule has 1 heterocycles. The molecule has 7 nitrogen and oxygen atoms in total. The fraction of sp³-hybridized carbons (Fsp3) is 0.438. The van der Waals surface area contributed by atoms with Gasteiger partial charge in [-0.1, -0.05) is 18.2 Å². The van der Waals surface area contributed by atoms with Gasteiger partial charge in [-0.2, -0.15) is 0 Å². The Hall–Kier alpha value is -2.57. The van der Waals surface area contributed by atoms with Gasteiger partial charge in [0.1, 0.15) is 5.75 Å². The van der Waals surface area contributed by atoms with Crippen molar-refractivity contribution >= 4 is 17.7 Å². The summed E-state index contributed by atoms with van der Waals surface area (Å²) < 4.78 is 15.3. The first-order valence-electron chi connectivity index (χ1n) is 7.13. The minimum atomic E-state index is -0.730. The van der Waals surface area contributed by atoms with E-state index in [2.05, 4.69) is 4.74 Å². The van der Waals surface area contributed by atoms with E-state index in [-0.39, 0.29) is 24.6 Å². The van der Waals surface area contributed by atoms with Gasteiger partial charge in [-0.25, -0.2) is 9.53 Å². The largest absolute Gasteiger partial charge is 0.623 e. The zero-order valence-corrected chi connectivity index (χ0v) is 13.3. The number of carbonyl (C=O) groups is 2. The van der Waals surface area contributed by atoms with Crippen LogP contribution < -0.4 is 4.74 Å². The lowest BCUT2D eigenvalue weighted by atomic mass is 9.82. The van der Waals surface area contributed by atoms with E-state index in [9.17, 15) is 14.8 Å². The predicted octanol–water partition coefficient (Wildman–Crippen LogP) is 1.10. The van der Waals surface area contributed by atoms with Crippen LogP contribution in [0.4, 0.5) is 0 Å². The summed E-state index contributed by atoms with van der Waals surface area (Å²) in [7, 11) is 4.00. The Balaban J connectivity index is 2.43. The van der Waals surface area contributed by atoms with Gasteiger partial charge in [0.25, 0.3) is 5.71 Å². The standard InChI is InChI=1S/C16H19NO6/c1-21-13-7-5-4-6-10(13)12-9-17(20)15(16(19)23-3)11(12)8-14(18)22-2/h4-7,11-12H,8-9H2,1-3H3/t11-,12+/m0/s1. The molecule has 1 aliphatic rings. The fourth-order valence-corrected chi connectivity index (χ4v) is 2.93. The van der Waals surface area contributed by atoms with Crippen LogP contribution in [0.5, 0.6) is 5.75 Å². The molecule has 0 aliphatic carbocycles. The predicted molar refractivity (Wildman–Crippen MR) is 81.4 cm³/mol. The van der Waals surface area contributed by atoms with Crippen molar-refractivity contribution in [2.45, 2.75) is 12.3 Å². The Morgan fingerprint density at radius 3 is 2.52 bits per heavy atom. The van der Waals surface area contributed by atoms with Gasteiger partial charge in [-0.15, -0.1) is 0 Å². The molecule has 1 aromatic carbocycles. The van der Waals surface area contributed by atoms with Crippen molar-refractivity contribution in [2.75, 3.05) is 27.9 Å². The number of hydrogen-bond acceptors (Lipinski definition) is 6. The summed E-state index contributed by atoms with van der Waals surface area (Å²) >= 11 is 0. The van der Waals surface area contributed by atoms with Crippen molar-refractivity contribution in [3.8, 4) is 5.75 Å². The summed E-state index contributed by atoms with van der Waals surface area (Å²) in [5.74, 6) is -1.61. The first-order chi connectivity index (χ1) is 11.0. The van der Waals surface area contributed by atoms with Crippen molar-refractivity contribution in [2.24, 2.45) is 5.92 Å². The molecule has 0 aromatic heterocycles. The minimum Gasteiger partial charge on any atom is -0.623 e. The molecule has 0 unspecified atom stereocenters. The third-order valence-corrected chi connectivity index (χ3v) is 4.02. The normalized spacial score (nSPS) is 20.3. The van der Waals surface area contributed by atoms with Gasteiger partial charge in [-0.05, 0) is 6.07 Å². The van der Waals surface area contributed by atoms with Crippen molar-refractivity contribution in [1.82, 2.24) is 0 Å². The third kappa shape index (κ3) is 3.28. The highest BCUT2D eigenvalue weighted by Gasteiger charge is 2.47. The number of esters is 2. The molecule has 124 valence electrons. The zero-order valence-electron chi connectivity index (χ0n) is 13.3. The maximum absolute atomic E-state index is 12.2. The Morgan fingerprint density at radius 2 is 1.91 bits per heavy atom. The van der Waals surface area contributed by atoms with E-state index in [4.69, 9.17) is 9.47 Å². The molecule has 2 atom stereocenters. The quantitative estimate of drug-likeness (QED) is 0.458. The molecule has 1 aliphatic heterocycles. The lowest BCUT2D eigenvalue weighted by Gasteiger charge is -2.18. The van der Waals surface area contributed by atoms with Gasteiger partial charge in [-0.3, -0.25) is 4.79 Å². The molecule has 0 spiro atoms. The van der Waals surface area contributed by atoms with Gasteiger partial charge >= 0.3 is 11.9 Å². The minimum absolute atomic E-state index is 0.0481. The molecule has 0 N–H and O–H groups in total. The molecule has 0 saturated carbocycles. The van der Waals surface area contributed by atoms with Crippen LogP contribution in [-0.2, 0) is 19.1 Å². The van der Waals surface area contributed by atoms with Gasteiger partial charge < -0.3 is 19.4 Å². The SMILES string of the molecule is COC(=O)C[C@@H]1C(C(=O)OC)=[N+]([O-])C[C@@H]1c1ccccc1OC. The van der Waals surface area contributed by atoms with Crippen LogP contribution in [0.25, 0.3) is 0 Å². The number of benzene rings is 1. The van der Waals surface area contributed by atoms with Gasteiger partial charge in [0.2, 0.25) is 0 Å². The van der Waals surface area contributed by atoms with Crippen molar-refractivity contribution in [3.63, 3.8) is 0 Å². The van der Waals surface area contributed by atoms with E-state index >= 15 is 0 Å². The number of hydroxylamine groups is 1. The van der Waals surface area contributed by atoms with E-state index < -0.39 is 17.9 Å². The maximum atomic E-state index is 12.2. The Labute approximate surface area is 134 Å². The number of hydrogen-bond donors (Lipinski definition) is 0. The molecule has 0 bridgehead atoms. The second kappa shape index (κ2) is 7.13. The van der Waals surface area contributed by atoms with E-state index in [0.717, 1.165) is 5.56 Å². The molecular weight excluding hydrogens is 302 g/mol. The highest BCUT2D eigenvalue weighted by atomic mass is 16.5. The molecular formula is C16H19NO6. The van der Waals surface area contributed by atoms with E-state index in [1.807, 2.05) is 18.2 Å². The van der Waals surface area contributed by atoms with Crippen molar-refractivity contribution in [1.29, 1.82) is 0 Å². The smallest absolute Gasteiger partial charge is 0.399 e. The van der Waals surface area contributed by atoms with Crippen molar-refractivity contribution < 1.29 is 28.5 Å². The summed E-state index contributed by atoms with van der Waals surface area (Å²) in [5, 5.41) is 12.2. The van der Waals surface area contributed by atoms with Crippen LogP contribution >= 0.6 is 0 Å². The molecule has 0 amide bonds. The summed E-state index contributed by atoms with van der Waals surface area (Å²) in [6.45, 7) is 0.0481. The van der Waals surface area contributed by atoms with Gasteiger partial charge in [0.15, 0.2) is 6.54 Å². The lowest BCUT2D eigenvalue weighted by molar-refractivity contribution is -0.450. The zero-order chi connectivity index (χ0) is 17.0. The highest BCUT2D eigenvalue weighted by molar-refractivity contribution is 6.35. The van der Waals surface area contributed by atoms with Crippen LogP contribution in [0.1, 0.15) is 17.9 Å². The fourth-order valence-electron chi connectivity index (χ4n) is 2.93. The first kappa shape index (κ1) is 16.8. The van der Waals surface area contributed by atoms with Crippen molar-refractivity contribution in [3.05, 3.63) is 35.0 Å². The number of rotatable bonds is 5. The summed E-state index contributed by atoms with van der Waals surface area (Å²) in [4.78, 5) is 23.7. The topological polar surface area (TPSA) is 87.9 Å². The average Bonchev–Trinajstić information content (AvgIpc) is 2.89. The van der Waals surface area contributed by atoms with E-state index in [0.29, 0.717) is 10.5 Å². The van der Waals surface area contributed by atoms with Crippen LogP contribution in [0.15, 0.2) is 24.3 Å². The average molecular weight is 321 g/mol. The number of ether oxygens (including phenoxy) is 3. The molecule has 1 aromatic rings. The number of methoxy groups -OCH3 is 3. The lowest BCUT2D eigenvalue weighted by Crippen LogP contribution is -2.30. The van der Waals surface area contributed by atoms with Gasteiger partial charge in [0, 0.05) is 5.56 Å². The third-order valence-electron chi connectivity index (χ3n) is 4.02. The Kier molecular flexibility index (Phi) is 5.20. The Bertz CT molecular complexity index is 639. The summed E-state index contributed by atoms with van der Waals surface area (Å²) in [5.41, 5.74) is 0.706. The van der Waals surface area contributed by atoms with Crippen LogP contribution in [-0.4, -0.2) is 50.3 Å². The molecule has 0 fully saturated rings. The Morgan fingerprint density at radius 1 is 1.22 bits per heavy atom. The van der Waals surface area contributed by atoms with Crippen LogP contribution in [0.2, 0.25) is 0 Å². The second-order valence-electron chi connectivity index (χ2n) is 5.17. The molecule has 0 saturated heterocycles. The highest BCUT2D eigenvalue weighted by Crippen LogP contribution is 2.38. The number of nitrogens with zero attached hydrogens (tertiary/aromatic N) is 1. The van der Waals surface area contributed by atoms with E-state index in [1.54, 1.807) is 6.07 Å².